The Morgan fingerprint density at radius 2 is 1.69 bits per heavy atom. The number of aromatic nitrogens is 4. The van der Waals surface area contributed by atoms with Gasteiger partial charge in [0.25, 0.3) is 0 Å². The summed E-state index contributed by atoms with van der Waals surface area (Å²) in [5.74, 6) is 0.306. The predicted molar refractivity (Wildman–Crippen MR) is 158 cm³/mol. The van der Waals surface area contributed by atoms with Gasteiger partial charge in [0.2, 0.25) is 10.6 Å². The van der Waals surface area contributed by atoms with E-state index >= 15 is 0 Å². The third kappa shape index (κ3) is 9.39. The molecule has 0 bridgehead atoms. The molecule has 5 N–H and O–H groups in total. The quantitative estimate of drug-likeness (QED) is 0.0610. The smallest absolute Gasteiger partial charge is 0.432 e. The third-order valence-electron chi connectivity index (χ3n) is 7.17. The normalized spacial score (nSPS) is 22.9. The van der Waals surface area contributed by atoms with Crippen LogP contribution in [0.2, 0.25) is 5.28 Å². The van der Waals surface area contributed by atoms with Gasteiger partial charge in [-0.15, -0.1) is 0 Å². The summed E-state index contributed by atoms with van der Waals surface area (Å²) in [6.07, 6.45) is -6.78. The van der Waals surface area contributed by atoms with Crippen LogP contribution in [0.4, 0.5) is 15.4 Å². The molecule has 0 amide bonds. The molecule has 0 saturated carbocycles. The van der Waals surface area contributed by atoms with Crippen LogP contribution in [0.25, 0.3) is 11.2 Å². The van der Waals surface area contributed by atoms with Gasteiger partial charge in [0.1, 0.15) is 44.7 Å². The van der Waals surface area contributed by atoms with E-state index in [4.69, 9.17) is 54.2 Å². The van der Waals surface area contributed by atoms with Crippen LogP contribution in [-0.4, -0.2) is 155 Å². The Hall–Kier alpha value is -2.95. The number of halogens is 1. The summed E-state index contributed by atoms with van der Waals surface area (Å²) in [5.41, 5.74) is 0.417. The number of methoxy groups -OCH3 is 2. The summed E-state index contributed by atoms with van der Waals surface area (Å²) in [7, 11) is -2.79. The van der Waals surface area contributed by atoms with E-state index in [1.54, 1.807) is 0 Å². The van der Waals surface area contributed by atoms with Gasteiger partial charge >= 0.3 is 19.9 Å². The molecule has 2 fully saturated rings. The maximum absolute atomic E-state index is 12.8. The molecule has 0 aliphatic carbocycles. The maximum Gasteiger partial charge on any atom is 0.508 e. The molecular formula is C25H37ClN5O16P. The highest BCUT2D eigenvalue weighted by Gasteiger charge is 2.54. The maximum atomic E-state index is 12.8. The fourth-order valence-electron chi connectivity index (χ4n) is 4.57. The molecule has 23 heteroatoms. The van der Waals surface area contributed by atoms with E-state index in [1.807, 2.05) is 0 Å². The Balaban J connectivity index is 1.52. The number of anilines is 1. The minimum atomic E-state index is -5.49. The van der Waals surface area contributed by atoms with Crippen molar-refractivity contribution in [1.29, 1.82) is 0 Å². The first kappa shape index (κ1) is 37.9. The standard InChI is InChI=1S/C25H37ClN5O16P/c1-39-5-7-42-23(34)44-11-25(48(36,37)38,12-45-24(35)43-8-6-40-2)46-10-15-17(32)18(33)21(47-15)31-13-27-16-19(28-14-3-4-41-9-14)29-22(26)30-20(16)31/h13-15,17-18,21,32-33H,3-12H2,1-2H3,(H,28,29,30)(H2,36,37,38)/t14-,15+,17+,18+,21+/m0/s1. The SMILES string of the molecule is COCCOC(=O)OCC(COC(=O)OCCOC)(OC[C@H]1O[C@@H](n2cnc3c(N[C@H]4CCOC4)nc(Cl)nc32)[C@H](O)[C@@H]1O)P(=O)(O)O. The summed E-state index contributed by atoms with van der Waals surface area (Å²) >= 11 is 6.17. The highest BCUT2D eigenvalue weighted by molar-refractivity contribution is 7.53. The van der Waals surface area contributed by atoms with Gasteiger partial charge in [-0.1, -0.05) is 0 Å². The Labute approximate surface area is 277 Å². The Morgan fingerprint density at radius 1 is 1.04 bits per heavy atom. The number of rotatable bonds is 17. The number of carbonyl (C=O) groups excluding carboxylic acids is 2. The van der Waals surface area contributed by atoms with Gasteiger partial charge in [-0.3, -0.25) is 9.13 Å². The van der Waals surface area contributed by atoms with E-state index in [-0.39, 0.29) is 48.9 Å². The molecule has 2 aromatic heterocycles. The predicted octanol–water partition coefficient (Wildman–Crippen LogP) is -0.210. The average Bonchev–Trinajstić information content (AvgIpc) is 3.77. The minimum absolute atomic E-state index is 0.00377. The second-order valence-electron chi connectivity index (χ2n) is 10.5. The molecular weight excluding hydrogens is 693 g/mol. The van der Waals surface area contributed by atoms with Crippen LogP contribution in [0, 0.1) is 0 Å². The zero-order valence-electron chi connectivity index (χ0n) is 25.8. The molecule has 270 valence electrons. The molecule has 2 aromatic rings. The van der Waals surface area contributed by atoms with Gasteiger partial charge in [0.05, 0.1) is 38.8 Å². The highest BCUT2D eigenvalue weighted by atomic mass is 35.5. The van der Waals surface area contributed by atoms with Gasteiger partial charge in [-0.2, -0.15) is 9.97 Å². The number of aliphatic hydroxyl groups is 2. The molecule has 2 aliphatic rings. The van der Waals surface area contributed by atoms with Crippen LogP contribution in [0.1, 0.15) is 12.6 Å². The number of hydrogen-bond donors (Lipinski definition) is 5. The second kappa shape index (κ2) is 17.1. The van der Waals surface area contributed by atoms with Crippen molar-refractivity contribution in [3.8, 4) is 0 Å². The van der Waals surface area contributed by atoms with Crippen LogP contribution in [-0.2, 0) is 47.2 Å². The van der Waals surface area contributed by atoms with Gasteiger partial charge < -0.3 is 67.9 Å². The van der Waals surface area contributed by atoms with Crippen molar-refractivity contribution in [1.82, 2.24) is 19.5 Å². The van der Waals surface area contributed by atoms with E-state index in [0.717, 1.165) is 6.42 Å². The van der Waals surface area contributed by atoms with E-state index in [1.165, 1.54) is 25.1 Å². The first-order valence-electron chi connectivity index (χ1n) is 14.4. The molecule has 5 atom stereocenters. The van der Waals surface area contributed by atoms with Crippen molar-refractivity contribution >= 4 is 48.5 Å². The van der Waals surface area contributed by atoms with E-state index < -0.39 is 69.6 Å². The summed E-state index contributed by atoms with van der Waals surface area (Å²) in [4.78, 5) is 57.5. The second-order valence-corrected chi connectivity index (χ2v) is 12.7. The van der Waals surface area contributed by atoms with Crippen molar-refractivity contribution in [3.63, 3.8) is 0 Å². The fraction of sp³-hybridized carbons (Fsp3) is 0.720. The molecule has 2 saturated heterocycles. The fourth-order valence-corrected chi connectivity index (χ4v) is 5.45. The van der Waals surface area contributed by atoms with Gasteiger partial charge in [-0.25, -0.2) is 14.6 Å². The van der Waals surface area contributed by atoms with Crippen molar-refractivity contribution in [2.75, 3.05) is 79.0 Å². The number of aliphatic hydroxyl groups excluding tert-OH is 2. The molecule has 0 spiro atoms. The third-order valence-corrected chi connectivity index (χ3v) is 8.79. The lowest BCUT2D eigenvalue weighted by Crippen LogP contribution is -2.46. The largest absolute Gasteiger partial charge is 0.508 e. The monoisotopic (exact) mass is 729 g/mol. The van der Waals surface area contributed by atoms with Crippen molar-refractivity contribution in [2.45, 2.75) is 42.3 Å². The van der Waals surface area contributed by atoms with Crippen LogP contribution in [0.3, 0.4) is 0 Å². The highest BCUT2D eigenvalue weighted by Crippen LogP contribution is 2.52. The number of fused-ring (bicyclic) bond motifs is 1. The number of imidazole rings is 1. The summed E-state index contributed by atoms with van der Waals surface area (Å²) in [6.45, 7) is -2.66. The topological polar surface area (TPSA) is 271 Å². The summed E-state index contributed by atoms with van der Waals surface area (Å²) in [5, 5.41) is 22.0. The molecule has 0 aromatic carbocycles. The lowest BCUT2D eigenvalue weighted by Gasteiger charge is -2.33. The van der Waals surface area contributed by atoms with E-state index in [2.05, 4.69) is 20.3 Å². The average molecular weight is 730 g/mol. The van der Waals surface area contributed by atoms with Gasteiger partial charge in [-0.05, 0) is 18.0 Å². The number of nitrogens with zero attached hydrogens (tertiary/aromatic N) is 4. The van der Waals surface area contributed by atoms with E-state index in [0.29, 0.717) is 19.0 Å². The molecule has 4 rings (SSSR count). The Bertz CT molecular complexity index is 1400. The zero-order valence-corrected chi connectivity index (χ0v) is 27.5. The number of hydrogen-bond acceptors (Lipinski definition) is 18. The first-order chi connectivity index (χ1) is 22.9. The van der Waals surface area contributed by atoms with Crippen LogP contribution < -0.4 is 5.32 Å². The summed E-state index contributed by atoms with van der Waals surface area (Å²) in [6, 6.07) is -0.0531. The Morgan fingerprint density at radius 3 is 2.25 bits per heavy atom. The molecule has 48 heavy (non-hydrogen) atoms. The Kier molecular flexibility index (Phi) is 13.5. The van der Waals surface area contributed by atoms with Crippen LogP contribution >= 0.6 is 19.2 Å². The molecule has 0 unspecified atom stereocenters. The first-order valence-corrected chi connectivity index (χ1v) is 16.4. The molecule has 4 heterocycles. The van der Waals surface area contributed by atoms with Crippen LogP contribution in [0.15, 0.2) is 6.33 Å². The molecule has 0 radical (unpaired) electrons. The van der Waals surface area contributed by atoms with Crippen molar-refractivity contribution < 1.29 is 76.8 Å². The molecule has 2 aliphatic heterocycles. The van der Waals surface area contributed by atoms with Gasteiger partial charge in [0, 0.05) is 20.8 Å². The van der Waals surface area contributed by atoms with Crippen LogP contribution in [0.5, 0.6) is 0 Å². The van der Waals surface area contributed by atoms with Crippen molar-refractivity contribution in [2.24, 2.45) is 0 Å². The number of nitrogens with one attached hydrogen (secondary N) is 1. The molecule has 21 nitrogen and oxygen atoms in total. The summed E-state index contributed by atoms with van der Waals surface area (Å²) < 4.78 is 59.7. The lowest BCUT2D eigenvalue weighted by molar-refractivity contribution is -0.128. The van der Waals surface area contributed by atoms with Gasteiger partial charge in [0.15, 0.2) is 23.2 Å². The minimum Gasteiger partial charge on any atom is -0.432 e. The zero-order chi connectivity index (χ0) is 34.9. The van der Waals surface area contributed by atoms with Crippen molar-refractivity contribution in [3.05, 3.63) is 11.6 Å². The lowest BCUT2D eigenvalue weighted by atomic mass is 10.1. The number of ether oxygens (including phenoxy) is 9. The number of carbonyl (C=O) groups is 2. The van der Waals surface area contributed by atoms with E-state index in [9.17, 15) is 34.2 Å².